The highest BCUT2D eigenvalue weighted by Crippen LogP contribution is 2.26. The molecule has 1 rings (SSSR count). The predicted octanol–water partition coefficient (Wildman–Crippen LogP) is 6.50. The molecule has 4 nitrogen and oxygen atoms in total. The Morgan fingerprint density at radius 3 is 1.64 bits per heavy atom. The molecule has 0 bridgehead atoms. The average Bonchev–Trinajstić information content (AvgIpc) is 2.71. The van der Waals surface area contributed by atoms with Crippen molar-refractivity contribution >= 4 is 11.9 Å². The molecule has 0 radical (unpaired) electrons. The van der Waals surface area contributed by atoms with Crippen molar-refractivity contribution in [3.8, 4) is 0 Å². The van der Waals surface area contributed by atoms with Crippen molar-refractivity contribution in [2.24, 2.45) is 11.8 Å². The Hall–Kier alpha value is -1.32. The number of unbranched alkanes of at least 4 members (excludes halogenated alkanes) is 10. The number of aliphatic carboxylic acids is 1. The van der Waals surface area contributed by atoms with E-state index in [1.54, 1.807) is 0 Å². The van der Waals surface area contributed by atoms with E-state index in [2.05, 4.69) is 26.1 Å². The number of carbonyl (C=O) groups excluding carboxylic acids is 1. The van der Waals surface area contributed by atoms with Crippen molar-refractivity contribution in [1.29, 1.82) is 0 Å². The molecule has 0 fully saturated rings. The van der Waals surface area contributed by atoms with Crippen LogP contribution in [0.2, 0.25) is 0 Å². The van der Waals surface area contributed by atoms with Crippen molar-refractivity contribution in [1.82, 2.24) is 5.32 Å². The lowest BCUT2D eigenvalue weighted by Crippen LogP contribution is -2.39. The summed E-state index contributed by atoms with van der Waals surface area (Å²) in [5.74, 6) is -1.94. The highest BCUT2D eigenvalue weighted by molar-refractivity contribution is 5.85. The maximum Gasteiger partial charge on any atom is 0.307 e. The smallest absolute Gasteiger partial charge is 0.307 e. The van der Waals surface area contributed by atoms with Gasteiger partial charge in [0.2, 0.25) is 5.91 Å². The van der Waals surface area contributed by atoms with E-state index in [9.17, 15) is 9.59 Å². The van der Waals surface area contributed by atoms with Crippen molar-refractivity contribution in [2.45, 2.75) is 111 Å². The van der Waals surface area contributed by atoms with Crippen LogP contribution in [0.15, 0.2) is 12.2 Å². The van der Waals surface area contributed by atoms with Gasteiger partial charge in [0.15, 0.2) is 0 Å². The zero-order valence-corrected chi connectivity index (χ0v) is 18.7. The quantitative estimate of drug-likeness (QED) is 0.261. The first kappa shape index (κ1) is 26.7. The van der Waals surface area contributed by atoms with E-state index in [4.69, 9.17) is 5.11 Å². The fraction of sp³-hybridized carbons (Fsp3) is 0.833. The molecule has 1 aliphatic carbocycles. The van der Waals surface area contributed by atoms with Crippen LogP contribution in [0.3, 0.4) is 0 Å². The minimum Gasteiger partial charge on any atom is -0.481 e. The van der Waals surface area contributed by atoms with Gasteiger partial charge in [-0.3, -0.25) is 9.59 Å². The predicted molar refractivity (Wildman–Crippen MR) is 118 cm³/mol. The molecule has 1 amide bonds. The van der Waals surface area contributed by atoms with Crippen molar-refractivity contribution in [3.63, 3.8) is 0 Å². The molecule has 2 N–H and O–H groups in total. The molecule has 2 atom stereocenters. The van der Waals surface area contributed by atoms with Gasteiger partial charge < -0.3 is 10.4 Å². The number of nitrogens with one attached hydrogen (secondary N) is 1. The molecular weight excluding hydrogens is 350 g/mol. The number of carboxylic acids is 1. The number of amides is 1. The summed E-state index contributed by atoms with van der Waals surface area (Å²) < 4.78 is 0. The molecule has 4 heteroatoms. The van der Waals surface area contributed by atoms with E-state index in [0.29, 0.717) is 19.4 Å². The standard InChI is InChI=1S/C16H27NO3.C8H18/c1-2-3-4-5-6-9-12-17-15(18)13-10-7-8-11-14(13)16(19)20;1-3-5-7-8-6-4-2/h7-8,13-14H,2-6,9-12H2,1H3,(H,17,18)(H,19,20);3-8H2,1-2H3. The lowest BCUT2D eigenvalue weighted by Gasteiger charge is -2.24. The van der Waals surface area contributed by atoms with Crippen LogP contribution in [-0.2, 0) is 9.59 Å². The van der Waals surface area contributed by atoms with Gasteiger partial charge in [0.05, 0.1) is 11.8 Å². The summed E-state index contributed by atoms with van der Waals surface area (Å²) in [5, 5.41) is 12.0. The first-order chi connectivity index (χ1) is 13.6. The number of hydrogen-bond donors (Lipinski definition) is 2. The summed E-state index contributed by atoms with van der Waals surface area (Å²) in [6, 6.07) is 0. The van der Waals surface area contributed by atoms with Crippen molar-refractivity contribution in [3.05, 3.63) is 12.2 Å². The summed E-state index contributed by atoms with van der Waals surface area (Å²) in [5.41, 5.74) is 0. The number of allylic oxidation sites excluding steroid dienone is 2. The highest BCUT2D eigenvalue weighted by atomic mass is 16.4. The van der Waals surface area contributed by atoms with Gasteiger partial charge in [-0.05, 0) is 19.3 Å². The van der Waals surface area contributed by atoms with Gasteiger partial charge in [0, 0.05) is 6.54 Å². The Kier molecular flexibility index (Phi) is 18.1. The third-order valence-electron chi connectivity index (χ3n) is 5.37. The summed E-state index contributed by atoms with van der Waals surface area (Å²) in [4.78, 5) is 23.2. The second kappa shape index (κ2) is 19.0. The van der Waals surface area contributed by atoms with Crippen LogP contribution in [0.25, 0.3) is 0 Å². The van der Waals surface area contributed by atoms with Gasteiger partial charge in [-0.1, -0.05) is 104 Å². The minimum atomic E-state index is -0.867. The van der Waals surface area contributed by atoms with Crippen LogP contribution in [0.5, 0.6) is 0 Å². The third kappa shape index (κ3) is 13.8. The van der Waals surface area contributed by atoms with E-state index in [-0.39, 0.29) is 5.91 Å². The lowest BCUT2D eigenvalue weighted by molar-refractivity contribution is -0.147. The molecule has 0 aromatic carbocycles. The Bertz CT molecular complexity index is 414. The Balaban J connectivity index is 0.000000769. The summed E-state index contributed by atoms with van der Waals surface area (Å²) in [6.07, 6.45) is 20.4. The van der Waals surface area contributed by atoms with Gasteiger partial charge in [0.25, 0.3) is 0 Å². The fourth-order valence-corrected chi connectivity index (χ4v) is 3.48. The van der Waals surface area contributed by atoms with Crippen LogP contribution in [-0.4, -0.2) is 23.5 Å². The van der Waals surface area contributed by atoms with Crippen molar-refractivity contribution in [2.75, 3.05) is 6.54 Å². The Labute approximate surface area is 173 Å². The topological polar surface area (TPSA) is 66.4 Å². The molecule has 0 saturated heterocycles. The monoisotopic (exact) mass is 395 g/mol. The minimum absolute atomic E-state index is 0.102. The molecule has 0 saturated carbocycles. The molecule has 28 heavy (non-hydrogen) atoms. The third-order valence-corrected chi connectivity index (χ3v) is 5.37. The van der Waals surface area contributed by atoms with Crippen LogP contribution in [0.1, 0.15) is 111 Å². The Morgan fingerprint density at radius 2 is 1.18 bits per heavy atom. The second-order valence-electron chi connectivity index (χ2n) is 7.97. The van der Waals surface area contributed by atoms with E-state index in [1.807, 2.05) is 12.2 Å². The van der Waals surface area contributed by atoms with Crippen LogP contribution < -0.4 is 5.32 Å². The summed E-state index contributed by atoms with van der Waals surface area (Å²) in [7, 11) is 0. The highest BCUT2D eigenvalue weighted by Gasteiger charge is 2.33. The van der Waals surface area contributed by atoms with Crippen LogP contribution in [0, 0.1) is 11.8 Å². The van der Waals surface area contributed by atoms with Gasteiger partial charge in [0.1, 0.15) is 0 Å². The fourth-order valence-electron chi connectivity index (χ4n) is 3.48. The lowest BCUT2D eigenvalue weighted by atomic mass is 9.82. The molecule has 164 valence electrons. The molecule has 0 aromatic rings. The van der Waals surface area contributed by atoms with Crippen LogP contribution in [0.4, 0.5) is 0 Å². The van der Waals surface area contributed by atoms with Crippen LogP contribution >= 0.6 is 0 Å². The molecule has 0 heterocycles. The maximum atomic E-state index is 12.0. The van der Waals surface area contributed by atoms with Gasteiger partial charge >= 0.3 is 5.97 Å². The van der Waals surface area contributed by atoms with E-state index < -0.39 is 17.8 Å². The molecule has 0 aliphatic heterocycles. The SMILES string of the molecule is CCCCCCCC.CCCCCCCCNC(=O)C1CC=CCC1C(=O)O. The summed E-state index contributed by atoms with van der Waals surface area (Å²) in [6.45, 7) is 7.37. The number of hydrogen-bond acceptors (Lipinski definition) is 2. The summed E-state index contributed by atoms with van der Waals surface area (Å²) >= 11 is 0. The van der Waals surface area contributed by atoms with Crippen molar-refractivity contribution < 1.29 is 14.7 Å². The van der Waals surface area contributed by atoms with Gasteiger partial charge in [-0.15, -0.1) is 0 Å². The second-order valence-corrected chi connectivity index (χ2v) is 7.97. The van der Waals surface area contributed by atoms with Gasteiger partial charge in [-0.25, -0.2) is 0 Å². The first-order valence-corrected chi connectivity index (χ1v) is 11.7. The number of carboxylic acid groups (broad SMARTS) is 1. The largest absolute Gasteiger partial charge is 0.481 e. The molecule has 1 aliphatic rings. The molecule has 2 unspecified atom stereocenters. The maximum absolute atomic E-state index is 12.0. The first-order valence-electron chi connectivity index (χ1n) is 11.7. The molecule has 0 aromatic heterocycles. The average molecular weight is 396 g/mol. The molecule has 0 spiro atoms. The normalized spacial score (nSPS) is 18.2. The van der Waals surface area contributed by atoms with E-state index in [0.717, 1.165) is 12.8 Å². The molecular formula is C24H45NO3. The van der Waals surface area contributed by atoms with E-state index >= 15 is 0 Å². The van der Waals surface area contributed by atoms with Gasteiger partial charge in [-0.2, -0.15) is 0 Å². The Morgan fingerprint density at radius 1 is 0.750 bits per heavy atom. The zero-order chi connectivity index (χ0) is 21.0. The zero-order valence-electron chi connectivity index (χ0n) is 18.7. The number of rotatable bonds is 14. The number of carbonyl (C=O) groups is 2. The van der Waals surface area contributed by atoms with E-state index in [1.165, 1.54) is 64.2 Å².